The van der Waals surface area contributed by atoms with Gasteiger partial charge in [-0.2, -0.15) is 0 Å². The third-order valence-corrected chi connectivity index (χ3v) is 10.5. The molecule has 0 spiro atoms. The maximum atomic E-state index is 14.4. The number of hydrogen-bond donors (Lipinski definition) is 4. The summed E-state index contributed by atoms with van der Waals surface area (Å²) in [6, 6.07) is 23.2. The maximum Gasteiger partial charge on any atom is 0.407 e. The number of ether oxygens (including phenoxy) is 6. The lowest BCUT2D eigenvalue weighted by Crippen LogP contribution is -2.48. The number of alkyl carbamates (subject to hydrolysis) is 2. The zero-order chi connectivity index (χ0) is 46.2. The van der Waals surface area contributed by atoms with E-state index in [9.17, 15) is 28.8 Å². The van der Waals surface area contributed by atoms with Crippen molar-refractivity contribution in [3.8, 4) is 28.4 Å². The number of hydrogen-bond acceptors (Lipinski definition) is 13. The molecule has 17 nitrogen and oxygen atoms in total. The summed E-state index contributed by atoms with van der Waals surface area (Å²) in [5.41, 5.74) is 9.77. The van der Waals surface area contributed by atoms with E-state index < -0.39 is 59.8 Å². The van der Waals surface area contributed by atoms with Crippen LogP contribution in [0.2, 0.25) is 0 Å². The number of nitrogens with zero attached hydrogens (tertiary/aromatic N) is 1. The number of likely N-dealkylation sites (N-methyl/N-ethyl adjacent to an activating group) is 1. The molecule has 0 saturated carbocycles. The highest BCUT2D eigenvalue weighted by Gasteiger charge is 2.35. The van der Waals surface area contributed by atoms with Gasteiger partial charge in [0.15, 0.2) is 17.3 Å². The minimum absolute atomic E-state index is 0.00712. The zero-order valence-electron chi connectivity index (χ0n) is 36.6. The first-order chi connectivity index (χ1) is 30.8. The molecule has 4 amide bonds. The van der Waals surface area contributed by atoms with Crippen LogP contribution in [0.3, 0.4) is 0 Å². The molecule has 1 aliphatic heterocycles. The summed E-state index contributed by atoms with van der Waals surface area (Å²) in [4.78, 5) is 81.3. The van der Waals surface area contributed by atoms with Gasteiger partial charge in [-0.05, 0) is 52.9 Å². The Bertz CT molecular complexity index is 2260. The number of rotatable bonds is 16. The molecule has 4 aromatic rings. The molecule has 0 saturated heterocycles. The number of carbonyl (C=O) groups is 6. The normalized spacial score (nSPS) is 16.4. The number of amides is 4. The third kappa shape index (κ3) is 12.9. The van der Waals surface area contributed by atoms with Crippen LogP contribution in [0.5, 0.6) is 17.2 Å². The van der Waals surface area contributed by atoms with Crippen molar-refractivity contribution < 1.29 is 57.2 Å². The van der Waals surface area contributed by atoms with Crippen molar-refractivity contribution >= 4 is 35.8 Å². The van der Waals surface area contributed by atoms with Crippen LogP contribution in [0.4, 0.5) is 9.59 Å². The van der Waals surface area contributed by atoms with Crippen LogP contribution in [-0.4, -0.2) is 101 Å². The van der Waals surface area contributed by atoms with E-state index in [1.165, 1.54) is 33.3 Å². The summed E-state index contributed by atoms with van der Waals surface area (Å²) in [7, 11) is 5.55. The lowest BCUT2D eigenvalue weighted by atomic mass is 9.89. The molecule has 0 radical (unpaired) electrons. The first-order valence-corrected chi connectivity index (χ1v) is 20.7. The van der Waals surface area contributed by atoms with Crippen molar-refractivity contribution in [2.24, 2.45) is 11.7 Å². The average molecular weight is 882 g/mol. The van der Waals surface area contributed by atoms with Crippen molar-refractivity contribution in [1.82, 2.24) is 20.9 Å². The molecule has 0 aliphatic carbocycles. The van der Waals surface area contributed by atoms with Crippen LogP contribution >= 0.6 is 0 Å². The van der Waals surface area contributed by atoms with Crippen molar-refractivity contribution in [2.75, 3.05) is 48.1 Å². The summed E-state index contributed by atoms with van der Waals surface area (Å²) < 4.78 is 33.6. The second-order valence-electron chi connectivity index (χ2n) is 15.1. The Labute approximate surface area is 371 Å². The number of ketones is 1. The molecule has 64 heavy (non-hydrogen) atoms. The molecule has 5 N–H and O–H groups in total. The standard InChI is InChI=1S/C47H55N5O12/c1-29-22-38(53)41(52(2)44(55)36(48)18-19-49-46(57)63-27-30-12-8-6-9-13-30)33-16-17-39(59-3)34(26-33)35-23-32(24-37(45(56)61-5)51-43(29)54)25-40(42(35)60-4)62-21-20-50-47(58)64-28-31-14-10-7-11-15-31/h6-17,23,25-26,29,36-37,41H,18-22,24,27-28,48H2,1-5H3,(H,49,57)(H,50,58)(H,51,54)/t29-,36+,37+,41+/m1/s1. The number of esters is 1. The molecular formula is C47H55N5O12. The number of benzene rings is 4. The van der Waals surface area contributed by atoms with E-state index in [1.807, 2.05) is 60.7 Å². The number of fused-ring (bicyclic) bond motifs is 5. The van der Waals surface area contributed by atoms with Crippen LogP contribution in [0.1, 0.15) is 48.1 Å². The van der Waals surface area contributed by atoms with Gasteiger partial charge >= 0.3 is 18.2 Å². The number of methoxy groups -OCH3 is 3. The summed E-state index contributed by atoms with van der Waals surface area (Å²) in [5, 5.41) is 7.99. The Balaban J connectivity index is 1.44. The maximum absolute atomic E-state index is 14.4. The molecule has 0 aromatic heterocycles. The highest BCUT2D eigenvalue weighted by molar-refractivity contribution is 5.95. The van der Waals surface area contributed by atoms with Gasteiger partial charge in [-0.1, -0.05) is 73.7 Å². The Morgan fingerprint density at radius 2 is 1.41 bits per heavy atom. The summed E-state index contributed by atoms with van der Waals surface area (Å²) in [6.07, 6.45) is -1.67. The van der Waals surface area contributed by atoms with E-state index in [2.05, 4.69) is 16.0 Å². The monoisotopic (exact) mass is 881 g/mol. The van der Waals surface area contributed by atoms with Crippen LogP contribution < -0.4 is 35.9 Å². The van der Waals surface area contributed by atoms with Crippen LogP contribution in [0.25, 0.3) is 11.1 Å². The second kappa shape index (κ2) is 23.3. The fraction of sp³-hybridized carbons (Fsp3) is 0.362. The van der Waals surface area contributed by atoms with Crippen LogP contribution in [-0.2, 0) is 53.0 Å². The van der Waals surface area contributed by atoms with Gasteiger partial charge < -0.3 is 55.0 Å². The third-order valence-electron chi connectivity index (χ3n) is 10.5. The van der Waals surface area contributed by atoms with Crippen LogP contribution in [0.15, 0.2) is 91.0 Å². The highest BCUT2D eigenvalue weighted by Crippen LogP contribution is 2.44. The smallest absolute Gasteiger partial charge is 0.407 e. The van der Waals surface area contributed by atoms with E-state index in [1.54, 1.807) is 37.3 Å². The highest BCUT2D eigenvalue weighted by atomic mass is 16.6. The summed E-state index contributed by atoms with van der Waals surface area (Å²) >= 11 is 0. The van der Waals surface area contributed by atoms with Gasteiger partial charge in [-0.25, -0.2) is 14.4 Å². The van der Waals surface area contributed by atoms with Gasteiger partial charge in [0.05, 0.1) is 33.9 Å². The first kappa shape index (κ1) is 47.9. The molecule has 4 bridgehead atoms. The first-order valence-electron chi connectivity index (χ1n) is 20.7. The van der Waals surface area contributed by atoms with E-state index >= 15 is 0 Å². The Kier molecular flexibility index (Phi) is 17.5. The second-order valence-corrected chi connectivity index (χ2v) is 15.1. The SMILES string of the molecule is COC(=O)[C@@H]1Cc2cc(OCCNC(=O)OCc3ccccc3)c(OC)c(c2)-c2cc(ccc2OC)[C@H](N(C)C(=O)[C@@H](N)CCNC(=O)OCc2ccccc2)C(=O)C[C@@H](C)C(=O)N1. The molecule has 4 atom stereocenters. The largest absolute Gasteiger partial charge is 0.496 e. The van der Waals surface area contributed by atoms with Gasteiger partial charge in [0.2, 0.25) is 11.8 Å². The molecular weight excluding hydrogens is 827 g/mol. The van der Waals surface area contributed by atoms with E-state index in [-0.39, 0.29) is 63.7 Å². The van der Waals surface area contributed by atoms with Gasteiger partial charge in [-0.3, -0.25) is 14.4 Å². The van der Waals surface area contributed by atoms with Gasteiger partial charge in [-0.15, -0.1) is 0 Å². The molecule has 340 valence electrons. The van der Waals surface area contributed by atoms with Crippen molar-refractivity contribution in [2.45, 2.75) is 57.5 Å². The predicted octanol–water partition coefficient (Wildman–Crippen LogP) is 4.63. The Hall–Kier alpha value is -7.14. The topological polar surface area (TPSA) is 223 Å². The number of carbonyl (C=O) groups excluding carboxylic acids is 6. The Morgan fingerprint density at radius 3 is 2.00 bits per heavy atom. The van der Waals surface area contributed by atoms with E-state index in [0.717, 1.165) is 11.1 Å². The van der Waals surface area contributed by atoms with Crippen molar-refractivity contribution in [3.05, 3.63) is 113 Å². The van der Waals surface area contributed by atoms with E-state index in [0.29, 0.717) is 28.0 Å². The van der Waals surface area contributed by atoms with Gasteiger partial charge in [0.25, 0.3) is 0 Å². The van der Waals surface area contributed by atoms with E-state index in [4.69, 9.17) is 34.2 Å². The van der Waals surface area contributed by atoms with Crippen LogP contribution in [0, 0.1) is 5.92 Å². The summed E-state index contributed by atoms with van der Waals surface area (Å²) in [6.45, 7) is 1.72. The minimum atomic E-state index is -1.25. The van der Waals surface area contributed by atoms with Gasteiger partial charge in [0, 0.05) is 43.5 Å². The van der Waals surface area contributed by atoms with Crippen molar-refractivity contribution in [3.63, 3.8) is 0 Å². The number of Topliss-reactive ketones (excluding diaryl/α,β-unsaturated/α-hetero) is 1. The fourth-order valence-corrected chi connectivity index (χ4v) is 7.12. The molecule has 0 fully saturated rings. The van der Waals surface area contributed by atoms with Gasteiger partial charge in [0.1, 0.15) is 37.7 Å². The molecule has 1 heterocycles. The van der Waals surface area contributed by atoms with Crippen molar-refractivity contribution in [1.29, 1.82) is 0 Å². The molecule has 4 aromatic carbocycles. The fourth-order valence-electron chi connectivity index (χ4n) is 7.12. The number of nitrogens with one attached hydrogen (secondary N) is 3. The quantitative estimate of drug-likeness (QED) is 0.0686. The molecule has 1 aliphatic rings. The minimum Gasteiger partial charge on any atom is -0.496 e. The molecule has 5 rings (SSSR count). The number of nitrogens with two attached hydrogens (primary N) is 1. The summed E-state index contributed by atoms with van der Waals surface area (Å²) in [5.74, 6) is -2.52. The lowest BCUT2D eigenvalue weighted by Gasteiger charge is -2.31. The Morgan fingerprint density at radius 1 is 0.781 bits per heavy atom. The molecule has 17 heteroatoms. The zero-order valence-corrected chi connectivity index (χ0v) is 36.6. The molecule has 0 unspecified atom stereocenters. The average Bonchev–Trinajstić information content (AvgIpc) is 3.30. The predicted molar refractivity (Wildman–Crippen MR) is 234 cm³/mol. The lowest BCUT2D eigenvalue weighted by molar-refractivity contribution is -0.145.